The van der Waals surface area contributed by atoms with E-state index in [0.29, 0.717) is 33.5 Å². The second-order valence-electron chi connectivity index (χ2n) is 18.8. The lowest BCUT2D eigenvalue weighted by molar-refractivity contribution is -0.126. The van der Waals surface area contributed by atoms with Crippen LogP contribution >= 0.6 is 0 Å². The van der Waals surface area contributed by atoms with Crippen molar-refractivity contribution in [2.24, 2.45) is 52.3 Å². The van der Waals surface area contributed by atoms with Crippen molar-refractivity contribution in [3.8, 4) is 11.5 Å². The SMILES string of the molecule is CC(C)CCC[C@@H](C)[C@H]1CCC2C3CCC4CC(Oc5ccc(C(=O)C=Cc6ccc(OC(=O)c7cc(N)cc(N)c7)cc6)cc5)CC[C@]4(C)C3CC[C@@]21C. The Morgan fingerprint density at radius 3 is 2.15 bits per heavy atom. The Hall–Kier alpha value is -4.06. The number of nitrogen functional groups attached to an aromatic ring is 2. The third-order valence-electron chi connectivity index (χ3n) is 15.0. The molecule has 0 radical (unpaired) electrons. The molecule has 3 aromatic rings. The first-order valence-electron chi connectivity index (χ1n) is 21.3. The molecule has 3 aromatic carbocycles. The van der Waals surface area contributed by atoms with Gasteiger partial charge in [-0.25, -0.2) is 4.79 Å². The van der Waals surface area contributed by atoms with Gasteiger partial charge in [0.2, 0.25) is 0 Å². The maximum atomic E-state index is 13.0. The van der Waals surface area contributed by atoms with Crippen LogP contribution in [0.15, 0.2) is 72.8 Å². The number of rotatable bonds is 12. The summed E-state index contributed by atoms with van der Waals surface area (Å²) in [7, 11) is 0. The highest BCUT2D eigenvalue weighted by atomic mass is 16.5. The molecule has 6 heteroatoms. The number of benzene rings is 3. The van der Waals surface area contributed by atoms with E-state index < -0.39 is 5.97 Å². The van der Waals surface area contributed by atoms with E-state index in [1.165, 1.54) is 76.3 Å². The largest absolute Gasteiger partial charge is 0.490 e. The molecule has 6 nitrogen and oxygen atoms in total. The zero-order chi connectivity index (χ0) is 38.9. The van der Waals surface area contributed by atoms with Gasteiger partial charge in [0.15, 0.2) is 5.78 Å². The minimum atomic E-state index is -0.541. The number of hydrogen-bond acceptors (Lipinski definition) is 6. The van der Waals surface area contributed by atoms with E-state index in [1.54, 1.807) is 42.5 Å². The van der Waals surface area contributed by atoms with Crippen LogP contribution in [-0.2, 0) is 0 Å². The molecule has 4 saturated carbocycles. The molecule has 9 atom stereocenters. The Morgan fingerprint density at radius 2 is 1.44 bits per heavy atom. The molecule has 0 bridgehead atoms. The van der Waals surface area contributed by atoms with Crippen molar-refractivity contribution in [1.29, 1.82) is 0 Å². The Balaban J connectivity index is 0.896. The molecule has 5 unspecified atom stereocenters. The van der Waals surface area contributed by atoms with E-state index in [4.69, 9.17) is 20.9 Å². The van der Waals surface area contributed by atoms with Gasteiger partial charge in [-0.15, -0.1) is 0 Å². The molecular weight excluding hydrogens is 681 g/mol. The van der Waals surface area contributed by atoms with Gasteiger partial charge in [0.1, 0.15) is 11.5 Å². The lowest BCUT2D eigenvalue weighted by atomic mass is 9.44. The number of allylic oxidation sites excluding steroid dienone is 1. The van der Waals surface area contributed by atoms with Crippen molar-refractivity contribution in [2.45, 2.75) is 118 Å². The highest BCUT2D eigenvalue weighted by molar-refractivity contribution is 6.06. The Kier molecular flexibility index (Phi) is 11.5. The standard InChI is InChI=1S/C49H64N2O4/c1-31(2)7-6-8-32(3)43-20-21-44-42-19-14-36-29-41(23-25-48(36,4)45(42)24-26-49(43,44)5)54-39-17-12-34(13-18-39)46(52)22-11-33-9-15-40(16-10-33)55-47(53)35-27-37(50)30-38(51)28-35/h9-13,15-18,22,27-28,30-32,36,41-45H,6-8,14,19-21,23-26,29,50-51H2,1-5H3/t32-,36?,41?,42?,43-,44?,45?,48+,49-/m1/s1. The van der Waals surface area contributed by atoms with Crippen LogP contribution in [0.2, 0.25) is 0 Å². The van der Waals surface area contributed by atoms with Crippen LogP contribution in [-0.4, -0.2) is 17.9 Å². The molecule has 4 aliphatic carbocycles. The number of fused-ring (bicyclic) bond motifs is 5. The van der Waals surface area contributed by atoms with Crippen molar-refractivity contribution in [3.63, 3.8) is 0 Å². The van der Waals surface area contributed by atoms with E-state index in [1.807, 2.05) is 24.3 Å². The quantitative estimate of drug-likeness (QED) is 0.0629. The van der Waals surface area contributed by atoms with Crippen molar-refractivity contribution in [3.05, 3.63) is 89.5 Å². The predicted octanol–water partition coefficient (Wildman–Crippen LogP) is 11.8. The second kappa shape index (κ2) is 16.2. The van der Waals surface area contributed by atoms with Crippen molar-refractivity contribution >= 4 is 29.2 Å². The summed E-state index contributed by atoms with van der Waals surface area (Å²) in [6.07, 6.45) is 19.8. The highest BCUT2D eigenvalue weighted by Gasteiger charge is 2.60. The molecule has 0 spiro atoms. The molecule has 4 aliphatic rings. The van der Waals surface area contributed by atoms with Gasteiger partial charge in [0, 0.05) is 16.9 Å². The van der Waals surface area contributed by atoms with Gasteiger partial charge in [-0.2, -0.15) is 0 Å². The Morgan fingerprint density at radius 1 is 0.764 bits per heavy atom. The summed E-state index contributed by atoms with van der Waals surface area (Å²) in [5.41, 5.74) is 15.1. The fraction of sp³-hybridized carbons (Fsp3) is 0.551. The topological polar surface area (TPSA) is 105 Å². The first-order valence-corrected chi connectivity index (χ1v) is 21.3. The summed E-state index contributed by atoms with van der Waals surface area (Å²) in [4.78, 5) is 25.6. The highest BCUT2D eigenvalue weighted by Crippen LogP contribution is 2.68. The molecule has 4 N–H and O–H groups in total. The van der Waals surface area contributed by atoms with Gasteiger partial charge in [-0.3, -0.25) is 4.79 Å². The van der Waals surface area contributed by atoms with E-state index in [0.717, 1.165) is 65.6 Å². The van der Waals surface area contributed by atoms with Gasteiger partial charge in [-0.1, -0.05) is 72.1 Å². The molecule has 55 heavy (non-hydrogen) atoms. The Bertz CT molecular complexity index is 1830. The van der Waals surface area contributed by atoms with Crippen molar-refractivity contribution in [2.75, 3.05) is 11.5 Å². The number of ether oxygens (including phenoxy) is 2. The summed E-state index contributed by atoms with van der Waals surface area (Å²) in [6.45, 7) is 12.7. The second-order valence-corrected chi connectivity index (χ2v) is 18.8. The normalized spacial score (nSPS) is 30.7. The zero-order valence-corrected chi connectivity index (χ0v) is 33.9. The van der Waals surface area contributed by atoms with Gasteiger partial charge in [0.25, 0.3) is 0 Å². The number of carbonyl (C=O) groups is 2. The van der Waals surface area contributed by atoms with Crippen LogP contribution in [0, 0.1) is 52.3 Å². The van der Waals surface area contributed by atoms with Crippen LogP contribution in [0.25, 0.3) is 6.08 Å². The maximum Gasteiger partial charge on any atom is 0.343 e. The molecule has 0 aliphatic heterocycles. The van der Waals surface area contributed by atoms with Crippen LogP contribution in [0.3, 0.4) is 0 Å². The van der Waals surface area contributed by atoms with Gasteiger partial charge in [0.05, 0.1) is 11.7 Å². The fourth-order valence-electron chi connectivity index (χ4n) is 12.1. The van der Waals surface area contributed by atoms with Crippen molar-refractivity contribution in [1.82, 2.24) is 0 Å². The minimum Gasteiger partial charge on any atom is -0.490 e. The van der Waals surface area contributed by atoms with Crippen molar-refractivity contribution < 1.29 is 19.1 Å². The molecule has 294 valence electrons. The molecule has 0 saturated heterocycles. The average Bonchev–Trinajstić information content (AvgIpc) is 3.51. The first-order chi connectivity index (χ1) is 26.3. The number of nitrogens with two attached hydrogens (primary N) is 2. The third kappa shape index (κ3) is 8.39. The van der Waals surface area contributed by atoms with Crippen LogP contribution in [0.1, 0.15) is 138 Å². The average molecular weight is 745 g/mol. The van der Waals surface area contributed by atoms with E-state index >= 15 is 0 Å². The number of ketones is 1. The number of esters is 1. The Labute approximate surface area is 329 Å². The summed E-state index contributed by atoms with van der Waals surface area (Å²) in [5.74, 6) is 6.65. The molecule has 0 amide bonds. The fourth-order valence-corrected chi connectivity index (χ4v) is 12.1. The number of anilines is 2. The first kappa shape index (κ1) is 39.2. The summed E-state index contributed by atoms with van der Waals surface area (Å²) < 4.78 is 12.1. The smallest absolute Gasteiger partial charge is 0.343 e. The van der Waals surface area contributed by atoms with E-state index in [-0.39, 0.29) is 17.5 Å². The predicted molar refractivity (Wildman–Crippen MR) is 224 cm³/mol. The van der Waals surface area contributed by atoms with E-state index in [2.05, 4.69) is 34.6 Å². The zero-order valence-electron chi connectivity index (χ0n) is 33.9. The van der Waals surface area contributed by atoms with E-state index in [9.17, 15) is 9.59 Å². The lowest BCUT2D eigenvalue weighted by Gasteiger charge is -2.61. The van der Waals surface area contributed by atoms with Crippen LogP contribution in [0.4, 0.5) is 11.4 Å². The number of carbonyl (C=O) groups excluding carboxylic acids is 2. The van der Waals surface area contributed by atoms with Gasteiger partial charge in [-0.05, 0) is 176 Å². The monoisotopic (exact) mass is 744 g/mol. The van der Waals surface area contributed by atoms with Gasteiger partial charge >= 0.3 is 5.97 Å². The molecule has 0 heterocycles. The van der Waals surface area contributed by atoms with Crippen LogP contribution in [0.5, 0.6) is 11.5 Å². The number of hydrogen-bond donors (Lipinski definition) is 2. The molecule has 7 rings (SSSR count). The summed E-state index contributed by atoms with van der Waals surface area (Å²) >= 11 is 0. The van der Waals surface area contributed by atoms with Gasteiger partial charge < -0.3 is 20.9 Å². The summed E-state index contributed by atoms with van der Waals surface area (Å²) in [6, 6.07) is 19.2. The lowest BCUT2D eigenvalue weighted by Crippen LogP contribution is -2.54. The molecule has 0 aromatic heterocycles. The summed E-state index contributed by atoms with van der Waals surface area (Å²) in [5, 5.41) is 0. The molecular formula is C49H64N2O4. The maximum absolute atomic E-state index is 13.0. The minimum absolute atomic E-state index is 0.0794. The third-order valence-corrected chi connectivity index (χ3v) is 15.0. The van der Waals surface area contributed by atoms with Crippen LogP contribution < -0.4 is 20.9 Å². The molecule has 4 fully saturated rings.